The van der Waals surface area contributed by atoms with Gasteiger partial charge in [0.05, 0.1) is 4.91 Å². The first kappa shape index (κ1) is 19.3. The zero-order valence-electron chi connectivity index (χ0n) is 16.3. The lowest BCUT2D eigenvalue weighted by Crippen LogP contribution is -2.34. The van der Waals surface area contributed by atoms with Crippen LogP contribution >= 0.6 is 11.8 Å². The average molecular weight is 404 g/mol. The van der Waals surface area contributed by atoms with E-state index < -0.39 is 0 Å². The van der Waals surface area contributed by atoms with Crippen LogP contribution in [-0.4, -0.2) is 22.1 Å². The maximum atomic E-state index is 12.4. The van der Waals surface area contributed by atoms with Crippen molar-refractivity contribution in [2.45, 2.75) is 26.5 Å². The van der Waals surface area contributed by atoms with E-state index in [1.807, 2.05) is 56.3 Å². The van der Waals surface area contributed by atoms with E-state index in [1.54, 1.807) is 6.08 Å². The molecule has 1 fully saturated rings. The molecule has 4 nitrogen and oxygen atoms in total. The highest BCUT2D eigenvalue weighted by Crippen LogP contribution is 2.33. The van der Waals surface area contributed by atoms with Gasteiger partial charge in [0.1, 0.15) is 12.4 Å². The van der Waals surface area contributed by atoms with Crippen molar-refractivity contribution in [2.24, 2.45) is 0 Å². The van der Waals surface area contributed by atoms with Crippen LogP contribution in [0, 0.1) is 0 Å². The maximum Gasteiger partial charge on any atom is 0.293 e. The van der Waals surface area contributed by atoms with E-state index in [4.69, 9.17) is 4.74 Å². The summed E-state index contributed by atoms with van der Waals surface area (Å²) in [5.41, 5.74) is 1.99. The van der Waals surface area contributed by atoms with Crippen molar-refractivity contribution < 1.29 is 14.3 Å². The number of thioether (sulfide) groups is 1. The van der Waals surface area contributed by atoms with Gasteiger partial charge in [0.2, 0.25) is 0 Å². The largest absolute Gasteiger partial charge is 0.489 e. The molecule has 0 spiro atoms. The number of hydrogen-bond acceptors (Lipinski definition) is 4. The molecule has 3 aromatic carbocycles. The fraction of sp³-hybridized carbons (Fsp3) is 0.167. The summed E-state index contributed by atoms with van der Waals surface area (Å²) < 4.78 is 5.96. The molecule has 0 radical (unpaired) electrons. The molecule has 0 atom stereocenters. The molecule has 0 unspecified atom stereocenters. The molecule has 1 heterocycles. The smallest absolute Gasteiger partial charge is 0.293 e. The van der Waals surface area contributed by atoms with E-state index in [0.717, 1.165) is 28.6 Å². The number of hydrogen-bond donors (Lipinski definition) is 0. The molecule has 29 heavy (non-hydrogen) atoms. The van der Waals surface area contributed by atoms with E-state index >= 15 is 0 Å². The summed E-state index contributed by atoms with van der Waals surface area (Å²) in [5, 5.41) is 2.16. The fourth-order valence-corrected chi connectivity index (χ4v) is 4.28. The molecule has 146 valence electrons. The van der Waals surface area contributed by atoms with Crippen molar-refractivity contribution in [3.05, 3.63) is 82.8 Å². The molecule has 4 rings (SSSR count). The van der Waals surface area contributed by atoms with Gasteiger partial charge in [-0.2, -0.15) is 0 Å². The molecular weight excluding hydrogens is 382 g/mol. The lowest BCUT2D eigenvalue weighted by atomic mass is 10.1. The minimum absolute atomic E-state index is 0.141. The van der Waals surface area contributed by atoms with E-state index in [9.17, 15) is 9.59 Å². The summed E-state index contributed by atoms with van der Waals surface area (Å²) in [6.45, 7) is 4.15. The highest BCUT2D eigenvalue weighted by atomic mass is 32.2. The normalized spacial score (nSPS) is 15.7. The van der Waals surface area contributed by atoms with Crippen molar-refractivity contribution >= 4 is 39.8 Å². The number of carbonyl (C=O) groups excluding carboxylic acids is 2. The SMILES string of the molecule is CC(C)N1C(=O)S/C(=C/c2ccc(OCc3cccc4ccccc34)cc2)C1=O. The average Bonchev–Trinajstić information content (AvgIpc) is 3.00. The third-order valence-corrected chi connectivity index (χ3v) is 5.68. The highest BCUT2D eigenvalue weighted by Gasteiger charge is 2.36. The Bertz CT molecular complexity index is 1100. The Morgan fingerprint density at radius 2 is 1.69 bits per heavy atom. The summed E-state index contributed by atoms with van der Waals surface area (Å²) >= 11 is 0.985. The van der Waals surface area contributed by atoms with Crippen molar-refractivity contribution in [3.63, 3.8) is 0 Å². The summed E-state index contributed by atoms with van der Waals surface area (Å²) in [4.78, 5) is 26.1. The van der Waals surface area contributed by atoms with E-state index in [2.05, 4.69) is 24.3 Å². The topological polar surface area (TPSA) is 46.6 Å². The monoisotopic (exact) mass is 403 g/mol. The Hall–Kier alpha value is -3.05. The van der Waals surface area contributed by atoms with Gasteiger partial charge < -0.3 is 4.74 Å². The molecule has 1 aliphatic heterocycles. The molecule has 2 amide bonds. The van der Waals surface area contributed by atoms with E-state index in [1.165, 1.54) is 15.7 Å². The van der Waals surface area contributed by atoms with Gasteiger partial charge in [-0.15, -0.1) is 0 Å². The van der Waals surface area contributed by atoms with Crippen LogP contribution in [0.15, 0.2) is 71.6 Å². The Balaban J connectivity index is 1.46. The summed E-state index contributed by atoms with van der Waals surface area (Å²) in [7, 11) is 0. The van der Waals surface area contributed by atoms with Crippen molar-refractivity contribution in [3.8, 4) is 5.75 Å². The van der Waals surface area contributed by atoms with Gasteiger partial charge in [-0.1, -0.05) is 54.6 Å². The van der Waals surface area contributed by atoms with Gasteiger partial charge in [-0.25, -0.2) is 0 Å². The summed E-state index contributed by atoms with van der Waals surface area (Å²) in [5.74, 6) is 0.525. The molecule has 0 aromatic heterocycles. The molecule has 1 aliphatic rings. The second-order valence-electron chi connectivity index (χ2n) is 7.14. The minimum atomic E-state index is -0.230. The van der Waals surface area contributed by atoms with Crippen molar-refractivity contribution in [2.75, 3.05) is 0 Å². The lowest BCUT2D eigenvalue weighted by Gasteiger charge is -2.16. The highest BCUT2D eigenvalue weighted by molar-refractivity contribution is 8.18. The number of fused-ring (bicyclic) bond motifs is 1. The number of amides is 2. The number of imide groups is 1. The first-order valence-corrected chi connectivity index (χ1v) is 10.3. The number of nitrogens with zero attached hydrogens (tertiary/aromatic N) is 1. The van der Waals surface area contributed by atoms with Gasteiger partial charge in [0.15, 0.2) is 0 Å². The van der Waals surface area contributed by atoms with Gasteiger partial charge in [-0.05, 0) is 65.7 Å². The number of ether oxygens (including phenoxy) is 1. The molecule has 5 heteroatoms. The zero-order valence-corrected chi connectivity index (χ0v) is 17.1. The summed E-state index contributed by atoms with van der Waals surface area (Å²) in [6.07, 6.45) is 1.75. The fourth-order valence-electron chi connectivity index (χ4n) is 3.32. The molecule has 0 bridgehead atoms. The standard InChI is InChI=1S/C24H21NO3S/c1-16(2)25-23(26)22(29-24(25)27)14-17-10-12-20(13-11-17)28-15-19-8-5-7-18-6-3-4-9-21(18)19/h3-14,16H,15H2,1-2H3/b22-14+. The maximum absolute atomic E-state index is 12.4. The van der Waals surface area contributed by atoms with Crippen LogP contribution in [0.5, 0.6) is 5.75 Å². The van der Waals surface area contributed by atoms with E-state index in [0.29, 0.717) is 11.5 Å². The van der Waals surface area contributed by atoms with Crippen LogP contribution < -0.4 is 4.74 Å². The Morgan fingerprint density at radius 1 is 0.966 bits per heavy atom. The van der Waals surface area contributed by atoms with Gasteiger partial charge in [-0.3, -0.25) is 14.5 Å². The third kappa shape index (κ3) is 4.05. The molecule has 0 saturated carbocycles. The van der Waals surface area contributed by atoms with Crippen LogP contribution in [0.4, 0.5) is 4.79 Å². The first-order valence-electron chi connectivity index (χ1n) is 9.49. The second kappa shape index (κ2) is 8.13. The van der Waals surface area contributed by atoms with Crippen LogP contribution in [0.25, 0.3) is 16.8 Å². The van der Waals surface area contributed by atoms with Crippen LogP contribution in [0.2, 0.25) is 0 Å². The van der Waals surface area contributed by atoms with Gasteiger partial charge in [0.25, 0.3) is 11.1 Å². The number of benzene rings is 3. The zero-order chi connectivity index (χ0) is 20.4. The Morgan fingerprint density at radius 3 is 2.41 bits per heavy atom. The minimum Gasteiger partial charge on any atom is -0.489 e. The third-order valence-electron chi connectivity index (χ3n) is 4.79. The second-order valence-corrected chi connectivity index (χ2v) is 8.13. The molecule has 3 aromatic rings. The first-order chi connectivity index (χ1) is 14.0. The number of carbonyl (C=O) groups is 2. The van der Waals surface area contributed by atoms with Crippen molar-refractivity contribution in [1.29, 1.82) is 0 Å². The van der Waals surface area contributed by atoms with Crippen LogP contribution in [0.3, 0.4) is 0 Å². The van der Waals surface area contributed by atoms with E-state index in [-0.39, 0.29) is 17.2 Å². The Kier molecular flexibility index (Phi) is 5.41. The number of rotatable bonds is 5. The predicted molar refractivity (Wildman–Crippen MR) is 118 cm³/mol. The van der Waals surface area contributed by atoms with Crippen LogP contribution in [0.1, 0.15) is 25.0 Å². The van der Waals surface area contributed by atoms with Gasteiger partial charge in [0, 0.05) is 6.04 Å². The quantitative estimate of drug-likeness (QED) is 0.500. The molecule has 0 N–H and O–H groups in total. The molecular formula is C24H21NO3S. The molecule has 0 aliphatic carbocycles. The summed E-state index contributed by atoms with van der Waals surface area (Å²) in [6, 6.07) is 21.8. The molecule has 1 saturated heterocycles. The lowest BCUT2D eigenvalue weighted by molar-refractivity contribution is -0.123. The van der Waals surface area contributed by atoms with Crippen molar-refractivity contribution in [1.82, 2.24) is 4.90 Å². The van der Waals surface area contributed by atoms with Gasteiger partial charge >= 0.3 is 0 Å². The Labute approximate surface area is 174 Å². The van der Waals surface area contributed by atoms with Crippen LogP contribution in [-0.2, 0) is 11.4 Å². The predicted octanol–water partition coefficient (Wildman–Crippen LogP) is 5.86.